The third-order valence-electron chi connectivity index (χ3n) is 4.15. The average Bonchev–Trinajstić information content (AvgIpc) is 2.87. The molecule has 1 fully saturated rings. The summed E-state index contributed by atoms with van der Waals surface area (Å²) in [4.78, 5) is 0. The van der Waals surface area contributed by atoms with Gasteiger partial charge in [0.05, 0.1) is 0 Å². The lowest BCUT2D eigenvalue weighted by Gasteiger charge is -2.12. The zero-order valence-electron chi connectivity index (χ0n) is 10.1. The second kappa shape index (κ2) is 5.06. The minimum absolute atomic E-state index is 0.508. The van der Waals surface area contributed by atoms with Gasteiger partial charge in [0, 0.05) is 11.8 Å². The first-order chi connectivity index (χ1) is 7.37. The van der Waals surface area contributed by atoms with Crippen molar-refractivity contribution in [2.75, 3.05) is 0 Å². The number of rotatable bonds is 5. The van der Waals surface area contributed by atoms with Crippen molar-refractivity contribution < 1.29 is 0 Å². The molecule has 2 rings (SSSR count). The zero-order valence-corrected chi connectivity index (χ0v) is 10.1. The molecule has 0 heteroatoms. The highest BCUT2D eigenvalue weighted by Gasteiger charge is 2.51. The Hall–Kier alpha value is -0.440. The van der Waals surface area contributed by atoms with Crippen LogP contribution in [-0.2, 0) is 0 Å². The molecule has 0 bridgehead atoms. The predicted molar refractivity (Wildman–Crippen MR) is 65.5 cm³/mol. The summed E-state index contributed by atoms with van der Waals surface area (Å²) in [7, 11) is 0. The summed E-state index contributed by atoms with van der Waals surface area (Å²) in [5, 5.41) is 0. The van der Waals surface area contributed by atoms with E-state index in [9.17, 15) is 0 Å². The van der Waals surface area contributed by atoms with Crippen LogP contribution in [0.15, 0.2) is 0 Å². The molecule has 0 heterocycles. The van der Waals surface area contributed by atoms with E-state index in [1.165, 1.54) is 57.8 Å². The molecule has 0 radical (unpaired) electrons. The Balaban J connectivity index is 1.79. The van der Waals surface area contributed by atoms with Gasteiger partial charge in [-0.2, -0.15) is 0 Å². The molecule has 2 aliphatic carbocycles. The van der Waals surface area contributed by atoms with E-state index in [-0.39, 0.29) is 0 Å². The van der Waals surface area contributed by atoms with Gasteiger partial charge in [0.2, 0.25) is 0 Å². The molecule has 15 heavy (non-hydrogen) atoms. The fourth-order valence-corrected chi connectivity index (χ4v) is 2.99. The SMILES string of the molecule is CCCCCCC12C#CCCCCC1C2. The van der Waals surface area contributed by atoms with E-state index < -0.39 is 0 Å². The zero-order chi connectivity index (χ0) is 10.6. The molecule has 0 spiro atoms. The second-order valence-electron chi connectivity index (χ2n) is 5.42. The number of fused-ring (bicyclic) bond motifs is 1. The van der Waals surface area contributed by atoms with Gasteiger partial charge >= 0.3 is 0 Å². The topological polar surface area (TPSA) is 0 Å². The van der Waals surface area contributed by atoms with Crippen LogP contribution < -0.4 is 0 Å². The van der Waals surface area contributed by atoms with Crippen molar-refractivity contribution in [3.63, 3.8) is 0 Å². The van der Waals surface area contributed by atoms with E-state index in [1.54, 1.807) is 0 Å². The Morgan fingerprint density at radius 1 is 1.20 bits per heavy atom. The monoisotopic (exact) mass is 204 g/mol. The lowest BCUT2D eigenvalue weighted by Crippen LogP contribution is -2.03. The summed E-state index contributed by atoms with van der Waals surface area (Å²) in [6.07, 6.45) is 13.8. The van der Waals surface area contributed by atoms with E-state index in [0.29, 0.717) is 5.41 Å². The van der Waals surface area contributed by atoms with Gasteiger partial charge in [0.1, 0.15) is 0 Å². The van der Waals surface area contributed by atoms with Gasteiger partial charge in [0.15, 0.2) is 0 Å². The van der Waals surface area contributed by atoms with Crippen molar-refractivity contribution in [1.29, 1.82) is 0 Å². The Morgan fingerprint density at radius 2 is 2.13 bits per heavy atom. The lowest BCUT2D eigenvalue weighted by molar-refractivity contribution is 0.465. The minimum atomic E-state index is 0.508. The maximum Gasteiger partial charge on any atom is 0.0346 e. The van der Waals surface area contributed by atoms with Crippen LogP contribution in [0.1, 0.15) is 71.1 Å². The van der Waals surface area contributed by atoms with E-state index in [0.717, 1.165) is 12.3 Å². The molecule has 0 amide bonds. The Labute approximate surface area is 94.8 Å². The molecule has 0 aromatic heterocycles. The fraction of sp³-hybridized carbons (Fsp3) is 0.867. The lowest BCUT2D eigenvalue weighted by atomic mass is 9.92. The highest BCUT2D eigenvalue weighted by molar-refractivity contribution is 5.23. The van der Waals surface area contributed by atoms with Gasteiger partial charge < -0.3 is 0 Å². The van der Waals surface area contributed by atoms with Crippen LogP contribution in [0.3, 0.4) is 0 Å². The van der Waals surface area contributed by atoms with Crippen molar-refractivity contribution in [2.24, 2.45) is 11.3 Å². The van der Waals surface area contributed by atoms with Crippen molar-refractivity contribution in [3.8, 4) is 11.8 Å². The first kappa shape index (κ1) is 11.1. The van der Waals surface area contributed by atoms with Crippen LogP contribution in [0.4, 0.5) is 0 Å². The number of hydrogen-bond acceptors (Lipinski definition) is 0. The summed E-state index contributed by atoms with van der Waals surface area (Å²) in [6, 6.07) is 0. The van der Waals surface area contributed by atoms with Gasteiger partial charge in [-0.3, -0.25) is 0 Å². The minimum Gasteiger partial charge on any atom is -0.103 e. The van der Waals surface area contributed by atoms with Crippen molar-refractivity contribution in [3.05, 3.63) is 0 Å². The van der Waals surface area contributed by atoms with Gasteiger partial charge in [-0.25, -0.2) is 0 Å². The van der Waals surface area contributed by atoms with Gasteiger partial charge in [-0.05, 0) is 31.6 Å². The molecule has 1 saturated carbocycles. The summed E-state index contributed by atoms with van der Waals surface area (Å²) in [6.45, 7) is 2.29. The van der Waals surface area contributed by atoms with Crippen molar-refractivity contribution in [1.82, 2.24) is 0 Å². The van der Waals surface area contributed by atoms with Crippen LogP contribution in [0, 0.1) is 23.2 Å². The summed E-state index contributed by atoms with van der Waals surface area (Å²) in [5.74, 6) is 7.99. The molecule has 84 valence electrons. The summed E-state index contributed by atoms with van der Waals surface area (Å²) in [5.41, 5.74) is 0.508. The molecule has 2 aliphatic rings. The highest BCUT2D eigenvalue weighted by atomic mass is 14.5. The predicted octanol–water partition coefficient (Wildman–Crippen LogP) is 4.54. The van der Waals surface area contributed by atoms with Crippen LogP contribution >= 0.6 is 0 Å². The molecule has 0 aliphatic heterocycles. The maximum atomic E-state index is 3.60. The third kappa shape index (κ3) is 2.77. The molecular formula is C15H24. The molecule has 0 nitrogen and oxygen atoms in total. The Bertz CT molecular complexity index is 255. The highest BCUT2D eigenvalue weighted by Crippen LogP contribution is 2.58. The maximum absolute atomic E-state index is 3.60. The smallest absolute Gasteiger partial charge is 0.0346 e. The van der Waals surface area contributed by atoms with Crippen LogP contribution in [0.2, 0.25) is 0 Å². The van der Waals surface area contributed by atoms with E-state index in [1.807, 2.05) is 0 Å². The van der Waals surface area contributed by atoms with Crippen LogP contribution in [0.25, 0.3) is 0 Å². The fourth-order valence-electron chi connectivity index (χ4n) is 2.99. The first-order valence-corrected chi connectivity index (χ1v) is 6.87. The first-order valence-electron chi connectivity index (χ1n) is 6.87. The average molecular weight is 204 g/mol. The van der Waals surface area contributed by atoms with Gasteiger partial charge in [0.25, 0.3) is 0 Å². The van der Waals surface area contributed by atoms with Crippen molar-refractivity contribution >= 4 is 0 Å². The molecule has 0 aromatic rings. The normalized spacial score (nSPS) is 33.3. The van der Waals surface area contributed by atoms with Crippen LogP contribution in [-0.4, -0.2) is 0 Å². The molecule has 0 saturated heterocycles. The van der Waals surface area contributed by atoms with Crippen molar-refractivity contribution in [2.45, 2.75) is 71.1 Å². The van der Waals surface area contributed by atoms with E-state index >= 15 is 0 Å². The second-order valence-corrected chi connectivity index (χ2v) is 5.42. The molecule has 0 aromatic carbocycles. The molecular weight excluding hydrogens is 180 g/mol. The quantitative estimate of drug-likeness (QED) is 0.455. The van der Waals surface area contributed by atoms with Gasteiger partial charge in [-0.1, -0.05) is 44.9 Å². The number of hydrogen-bond donors (Lipinski definition) is 0. The Kier molecular flexibility index (Phi) is 3.73. The number of unbranched alkanes of at least 4 members (excludes halogenated alkanes) is 3. The Morgan fingerprint density at radius 3 is 3.00 bits per heavy atom. The summed E-state index contributed by atoms with van der Waals surface area (Å²) < 4.78 is 0. The standard InChI is InChI=1S/C15H24/c1-2-3-4-8-11-15-12-9-6-5-7-10-14(15)13-15/h14H,2-8,10-11,13H2,1H3. The molecule has 2 atom stereocenters. The molecule has 0 N–H and O–H groups in total. The third-order valence-corrected chi connectivity index (χ3v) is 4.15. The van der Waals surface area contributed by atoms with Gasteiger partial charge in [-0.15, -0.1) is 5.92 Å². The van der Waals surface area contributed by atoms with E-state index in [4.69, 9.17) is 0 Å². The summed E-state index contributed by atoms with van der Waals surface area (Å²) >= 11 is 0. The van der Waals surface area contributed by atoms with E-state index in [2.05, 4.69) is 18.8 Å². The van der Waals surface area contributed by atoms with Crippen LogP contribution in [0.5, 0.6) is 0 Å². The largest absolute Gasteiger partial charge is 0.103 e. The molecule has 2 unspecified atom stereocenters.